The number of ether oxygens (including phenoxy) is 1. The largest absolute Gasteiger partial charge is 0.487 e. The number of hydrogen-bond acceptors (Lipinski definition) is 3. The number of amides is 1. The van der Waals surface area contributed by atoms with Crippen LogP contribution in [-0.4, -0.2) is 38.1 Å². The van der Waals surface area contributed by atoms with Gasteiger partial charge in [0.2, 0.25) is 5.91 Å². The highest BCUT2D eigenvalue weighted by Crippen LogP contribution is 2.23. The Morgan fingerprint density at radius 3 is 2.67 bits per heavy atom. The highest BCUT2D eigenvalue weighted by atomic mass is 16.5. The van der Waals surface area contributed by atoms with Gasteiger partial charge in [0.15, 0.2) is 0 Å². The SMILES string of the molecule is C=C(C)COc1ccccc1NC(=O)CN(C)C. The van der Waals surface area contributed by atoms with Crippen molar-refractivity contribution in [1.82, 2.24) is 4.90 Å². The fourth-order valence-corrected chi connectivity index (χ4v) is 1.37. The molecular weight excluding hydrogens is 228 g/mol. The minimum absolute atomic E-state index is 0.0635. The quantitative estimate of drug-likeness (QED) is 0.784. The number of carbonyl (C=O) groups excluding carboxylic acids is 1. The van der Waals surface area contributed by atoms with Crippen molar-refractivity contribution in [3.05, 3.63) is 36.4 Å². The summed E-state index contributed by atoms with van der Waals surface area (Å²) in [4.78, 5) is 13.5. The van der Waals surface area contributed by atoms with E-state index in [1.54, 1.807) is 0 Å². The number of likely N-dealkylation sites (N-methyl/N-ethyl adjacent to an activating group) is 1. The Morgan fingerprint density at radius 2 is 2.06 bits per heavy atom. The molecule has 0 bridgehead atoms. The number of hydrogen-bond donors (Lipinski definition) is 1. The van der Waals surface area contributed by atoms with E-state index >= 15 is 0 Å². The normalized spacial score (nSPS) is 10.2. The zero-order valence-electron chi connectivity index (χ0n) is 11.2. The molecule has 0 saturated heterocycles. The van der Waals surface area contributed by atoms with Crippen LogP contribution in [-0.2, 0) is 4.79 Å². The molecule has 4 heteroatoms. The van der Waals surface area contributed by atoms with Crippen molar-refractivity contribution in [2.45, 2.75) is 6.92 Å². The molecule has 0 aliphatic carbocycles. The van der Waals surface area contributed by atoms with Gasteiger partial charge in [-0.05, 0) is 38.7 Å². The molecule has 98 valence electrons. The Balaban J connectivity index is 2.69. The third-order valence-electron chi connectivity index (χ3n) is 2.10. The molecule has 1 rings (SSSR count). The molecule has 1 aromatic carbocycles. The number of benzene rings is 1. The molecule has 0 radical (unpaired) electrons. The summed E-state index contributed by atoms with van der Waals surface area (Å²) >= 11 is 0. The Hall–Kier alpha value is -1.81. The Kier molecular flexibility index (Phi) is 5.39. The van der Waals surface area contributed by atoms with Gasteiger partial charge in [-0.3, -0.25) is 4.79 Å². The predicted octanol–water partition coefficient (Wildman–Crippen LogP) is 2.14. The predicted molar refractivity (Wildman–Crippen MR) is 73.9 cm³/mol. The molecule has 1 amide bonds. The smallest absolute Gasteiger partial charge is 0.238 e. The van der Waals surface area contributed by atoms with Crippen LogP contribution in [0.1, 0.15) is 6.92 Å². The molecule has 0 atom stereocenters. The molecule has 0 saturated carbocycles. The molecule has 0 fully saturated rings. The number of nitrogens with one attached hydrogen (secondary N) is 1. The number of para-hydroxylation sites is 2. The van der Waals surface area contributed by atoms with E-state index in [9.17, 15) is 4.79 Å². The molecule has 1 aromatic rings. The van der Waals surface area contributed by atoms with Crippen LogP contribution in [0.2, 0.25) is 0 Å². The molecule has 0 aliphatic rings. The van der Waals surface area contributed by atoms with Crippen molar-refractivity contribution in [2.24, 2.45) is 0 Å². The first-order valence-electron chi connectivity index (χ1n) is 5.80. The Morgan fingerprint density at radius 1 is 1.39 bits per heavy atom. The summed E-state index contributed by atoms with van der Waals surface area (Å²) in [7, 11) is 3.70. The van der Waals surface area contributed by atoms with Gasteiger partial charge in [-0.1, -0.05) is 18.7 Å². The maximum absolute atomic E-state index is 11.7. The van der Waals surface area contributed by atoms with Gasteiger partial charge in [-0.2, -0.15) is 0 Å². The third-order valence-corrected chi connectivity index (χ3v) is 2.10. The fourth-order valence-electron chi connectivity index (χ4n) is 1.37. The zero-order valence-corrected chi connectivity index (χ0v) is 11.2. The first-order valence-corrected chi connectivity index (χ1v) is 5.80. The monoisotopic (exact) mass is 248 g/mol. The van der Waals surface area contributed by atoms with Crippen LogP contribution in [0.5, 0.6) is 5.75 Å². The number of anilines is 1. The molecule has 0 unspecified atom stereocenters. The molecule has 4 nitrogen and oxygen atoms in total. The average Bonchev–Trinajstić information content (AvgIpc) is 2.26. The highest BCUT2D eigenvalue weighted by Gasteiger charge is 2.08. The number of rotatable bonds is 6. The van der Waals surface area contributed by atoms with E-state index in [2.05, 4.69) is 11.9 Å². The van der Waals surface area contributed by atoms with Gasteiger partial charge in [-0.15, -0.1) is 0 Å². The molecule has 18 heavy (non-hydrogen) atoms. The van der Waals surface area contributed by atoms with Crippen LogP contribution in [0.3, 0.4) is 0 Å². The Labute approximate surface area is 108 Å². The summed E-state index contributed by atoms with van der Waals surface area (Å²) in [6.45, 7) is 6.46. The highest BCUT2D eigenvalue weighted by molar-refractivity contribution is 5.93. The topological polar surface area (TPSA) is 41.6 Å². The van der Waals surface area contributed by atoms with Crippen molar-refractivity contribution >= 4 is 11.6 Å². The summed E-state index contributed by atoms with van der Waals surface area (Å²) in [5.41, 5.74) is 1.62. The van der Waals surface area contributed by atoms with Gasteiger partial charge >= 0.3 is 0 Å². The van der Waals surface area contributed by atoms with Gasteiger partial charge in [0, 0.05) is 0 Å². The van der Waals surface area contributed by atoms with E-state index in [1.807, 2.05) is 50.2 Å². The standard InChI is InChI=1S/C14H20N2O2/c1-11(2)10-18-13-8-6-5-7-12(13)15-14(17)9-16(3)4/h5-8H,1,9-10H2,2-4H3,(H,15,17). The van der Waals surface area contributed by atoms with Crippen molar-refractivity contribution in [2.75, 3.05) is 32.6 Å². The van der Waals surface area contributed by atoms with Crippen molar-refractivity contribution < 1.29 is 9.53 Å². The summed E-state index contributed by atoms with van der Waals surface area (Å²) in [6.07, 6.45) is 0. The lowest BCUT2D eigenvalue weighted by Crippen LogP contribution is -2.27. The lowest BCUT2D eigenvalue weighted by Gasteiger charge is -2.14. The number of nitrogens with zero attached hydrogens (tertiary/aromatic N) is 1. The van der Waals surface area contributed by atoms with Crippen LogP contribution >= 0.6 is 0 Å². The summed E-state index contributed by atoms with van der Waals surface area (Å²) in [6, 6.07) is 7.38. The maximum atomic E-state index is 11.7. The third kappa shape index (κ3) is 5.01. The maximum Gasteiger partial charge on any atom is 0.238 e. The van der Waals surface area contributed by atoms with Gasteiger partial charge in [0.1, 0.15) is 12.4 Å². The minimum Gasteiger partial charge on any atom is -0.487 e. The van der Waals surface area contributed by atoms with E-state index in [4.69, 9.17) is 4.74 Å². The van der Waals surface area contributed by atoms with E-state index in [0.29, 0.717) is 24.6 Å². The minimum atomic E-state index is -0.0635. The summed E-state index contributed by atoms with van der Waals surface area (Å²) < 4.78 is 5.58. The summed E-state index contributed by atoms with van der Waals surface area (Å²) in [5, 5.41) is 2.83. The second kappa shape index (κ2) is 6.81. The van der Waals surface area contributed by atoms with E-state index < -0.39 is 0 Å². The van der Waals surface area contributed by atoms with Gasteiger partial charge in [-0.25, -0.2) is 0 Å². The summed E-state index contributed by atoms with van der Waals surface area (Å²) in [5.74, 6) is 0.596. The lowest BCUT2D eigenvalue weighted by atomic mass is 10.3. The van der Waals surface area contributed by atoms with Crippen LogP contribution in [0.15, 0.2) is 36.4 Å². The van der Waals surface area contributed by atoms with E-state index in [0.717, 1.165) is 5.57 Å². The molecule has 0 spiro atoms. The van der Waals surface area contributed by atoms with Gasteiger partial charge in [0.05, 0.1) is 12.2 Å². The Bertz CT molecular complexity index is 428. The van der Waals surface area contributed by atoms with E-state index in [-0.39, 0.29) is 5.91 Å². The first-order chi connectivity index (χ1) is 8.49. The number of carbonyl (C=O) groups is 1. The second-order valence-corrected chi connectivity index (χ2v) is 4.53. The van der Waals surface area contributed by atoms with Crippen molar-refractivity contribution in [3.63, 3.8) is 0 Å². The molecular formula is C14H20N2O2. The lowest BCUT2D eigenvalue weighted by molar-refractivity contribution is -0.116. The molecule has 0 aliphatic heterocycles. The second-order valence-electron chi connectivity index (χ2n) is 4.53. The fraction of sp³-hybridized carbons (Fsp3) is 0.357. The van der Waals surface area contributed by atoms with Crippen LogP contribution in [0.25, 0.3) is 0 Å². The molecule has 0 heterocycles. The first kappa shape index (κ1) is 14.3. The average molecular weight is 248 g/mol. The van der Waals surface area contributed by atoms with E-state index in [1.165, 1.54) is 0 Å². The van der Waals surface area contributed by atoms with Crippen LogP contribution in [0, 0.1) is 0 Å². The van der Waals surface area contributed by atoms with Crippen molar-refractivity contribution in [3.8, 4) is 5.75 Å². The molecule has 0 aromatic heterocycles. The van der Waals surface area contributed by atoms with Gasteiger partial charge < -0.3 is 15.0 Å². The van der Waals surface area contributed by atoms with Crippen LogP contribution in [0.4, 0.5) is 5.69 Å². The van der Waals surface area contributed by atoms with Gasteiger partial charge in [0.25, 0.3) is 0 Å². The molecule has 1 N–H and O–H groups in total. The van der Waals surface area contributed by atoms with Crippen molar-refractivity contribution in [1.29, 1.82) is 0 Å². The zero-order chi connectivity index (χ0) is 13.5. The van der Waals surface area contributed by atoms with Crippen LogP contribution < -0.4 is 10.1 Å².